The molecule has 0 aromatic heterocycles. The summed E-state index contributed by atoms with van der Waals surface area (Å²) in [7, 11) is 0. The number of allylic oxidation sites excluding steroid dienone is 3. The molecule has 4 aliphatic rings. The number of hydrogen-bond acceptors (Lipinski definition) is 4. The van der Waals surface area contributed by atoms with Crippen LogP contribution in [0.5, 0.6) is 0 Å². The third kappa shape index (κ3) is 3.44. The molecule has 0 heterocycles. The lowest BCUT2D eigenvalue weighted by Gasteiger charge is -2.58. The van der Waals surface area contributed by atoms with E-state index >= 15 is 0 Å². The molecule has 0 saturated heterocycles. The fraction of sp³-hybridized carbons (Fsp3) is 0.769. The van der Waals surface area contributed by atoms with E-state index in [0.29, 0.717) is 24.4 Å². The molecule has 0 unspecified atom stereocenters. The molecular weight excluding hydrogens is 376 g/mol. The van der Waals surface area contributed by atoms with E-state index in [1.54, 1.807) is 6.08 Å². The second-order valence-corrected chi connectivity index (χ2v) is 10.5. The normalized spacial score (nSPS) is 43.0. The Morgan fingerprint density at radius 1 is 1.17 bits per heavy atom. The van der Waals surface area contributed by atoms with Crippen LogP contribution in [-0.4, -0.2) is 25.0 Å². The predicted molar refractivity (Wildman–Crippen MR) is 117 cm³/mol. The van der Waals surface area contributed by atoms with Gasteiger partial charge in [-0.3, -0.25) is 9.59 Å². The molecule has 4 rings (SSSR count). The maximum absolute atomic E-state index is 11.4. The Morgan fingerprint density at radius 2 is 1.97 bits per heavy atom. The third-order valence-corrected chi connectivity index (χ3v) is 9.28. The Hall–Kier alpha value is -1.58. The molecule has 0 aromatic rings. The Labute approximate surface area is 181 Å². The maximum Gasteiger partial charge on any atom is 0.302 e. The number of carbonyl (C=O) groups is 2. The lowest BCUT2D eigenvalue weighted by molar-refractivity contribution is -0.148. The van der Waals surface area contributed by atoms with Crippen LogP contribution in [0.25, 0.3) is 0 Å². The first-order valence-electron chi connectivity index (χ1n) is 12.0. The first kappa shape index (κ1) is 21.6. The Bertz CT molecular complexity index is 752. The topological polar surface area (TPSA) is 52.6 Å². The van der Waals surface area contributed by atoms with Crippen LogP contribution < -0.4 is 0 Å². The summed E-state index contributed by atoms with van der Waals surface area (Å²) in [6, 6.07) is 0. The third-order valence-electron chi connectivity index (χ3n) is 9.28. The van der Waals surface area contributed by atoms with Gasteiger partial charge in [-0.1, -0.05) is 25.5 Å². The highest BCUT2D eigenvalue weighted by atomic mass is 16.5. The Morgan fingerprint density at radius 3 is 2.67 bits per heavy atom. The van der Waals surface area contributed by atoms with Gasteiger partial charge in [-0.15, -0.1) is 0 Å². The van der Waals surface area contributed by atoms with Gasteiger partial charge in [-0.05, 0) is 80.5 Å². The summed E-state index contributed by atoms with van der Waals surface area (Å²) >= 11 is 0. The van der Waals surface area contributed by atoms with E-state index in [9.17, 15) is 9.59 Å². The zero-order valence-corrected chi connectivity index (χ0v) is 19.1. The van der Waals surface area contributed by atoms with Crippen LogP contribution in [0.15, 0.2) is 23.5 Å². The number of carbonyl (C=O) groups excluding carboxylic acids is 2. The van der Waals surface area contributed by atoms with Crippen LogP contribution >= 0.6 is 0 Å². The van der Waals surface area contributed by atoms with Gasteiger partial charge in [-0.2, -0.15) is 0 Å². The van der Waals surface area contributed by atoms with Crippen molar-refractivity contribution in [2.24, 2.45) is 34.5 Å². The quantitative estimate of drug-likeness (QED) is 0.193. The van der Waals surface area contributed by atoms with E-state index in [-0.39, 0.29) is 22.9 Å². The van der Waals surface area contributed by atoms with Gasteiger partial charge in [0, 0.05) is 25.3 Å². The molecule has 4 aliphatic carbocycles. The Balaban J connectivity index is 1.57. The van der Waals surface area contributed by atoms with Crippen molar-refractivity contribution in [1.82, 2.24) is 0 Å². The summed E-state index contributed by atoms with van der Waals surface area (Å²) in [5.74, 6) is 3.25. The van der Waals surface area contributed by atoms with Crippen molar-refractivity contribution in [3.63, 3.8) is 0 Å². The van der Waals surface area contributed by atoms with Crippen LogP contribution in [-0.2, 0) is 19.1 Å². The van der Waals surface area contributed by atoms with Gasteiger partial charge in [0.1, 0.15) is 18.1 Å². The second kappa shape index (κ2) is 8.16. The van der Waals surface area contributed by atoms with Crippen LogP contribution in [0.2, 0.25) is 0 Å². The van der Waals surface area contributed by atoms with Gasteiger partial charge in [0.15, 0.2) is 0 Å². The molecule has 4 nitrogen and oxygen atoms in total. The summed E-state index contributed by atoms with van der Waals surface area (Å²) in [6.07, 6.45) is 14.1. The van der Waals surface area contributed by atoms with Gasteiger partial charge in [0.25, 0.3) is 0 Å². The highest BCUT2D eigenvalue weighted by molar-refractivity contribution is 5.66. The van der Waals surface area contributed by atoms with Gasteiger partial charge < -0.3 is 9.47 Å². The lowest BCUT2D eigenvalue weighted by Crippen LogP contribution is -2.50. The van der Waals surface area contributed by atoms with Crippen molar-refractivity contribution in [2.45, 2.75) is 85.2 Å². The average Bonchev–Trinajstić information content (AvgIpc) is 3.05. The first-order chi connectivity index (χ1) is 14.3. The highest BCUT2D eigenvalue weighted by Gasteiger charge is 2.59. The summed E-state index contributed by atoms with van der Waals surface area (Å²) in [5, 5.41) is 0. The fourth-order valence-corrected chi connectivity index (χ4v) is 7.93. The van der Waals surface area contributed by atoms with Gasteiger partial charge >= 0.3 is 5.97 Å². The minimum absolute atomic E-state index is 0.0605. The van der Waals surface area contributed by atoms with Gasteiger partial charge in [0.2, 0.25) is 0 Å². The van der Waals surface area contributed by atoms with Crippen LogP contribution in [0, 0.1) is 34.5 Å². The minimum atomic E-state index is -0.156. The molecule has 0 spiro atoms. The van der Waals surface area contributed by atoms with E-state index in [4.69, 9.17) is 9.47 Å². The monoisotopic (exact) mass is 414 g/mol. The average molecular weight is 415 g/mol. The van der Waals surface area contributed by atoms with Gasteiger partial charge in [-0.25, -0.2) is 0 Å². The number of aldehydes is 1. The molecule has 0 bridgehead atoms. The van der Waals surface area contributed by atoms with Crippen LogP contribution in [0.1, 0.15) is 79.1 Å². The van der Waals surface area contributed by atoms with E-state index < -0.39 is 0 Å². The number of rotatable bonds is 5. The van der Waals surface area contributed by atoms with Crippen molar-refractivity contribution in [1.29, 1.82) is 0 Å². The summed E-state index contributed by atoms with van der Waals surface area (Å²) in [5.41, 5.74) is 2.01. The smallest absolute Gasteiger partial charge is 0.302 e. The number of ether oxygens (including phenoxy) is 2. The molecule has 3 saturated carbocycles. The second-order valence-electron chi connectivity index (χ2n) is 10.5. The number of esters is 1. The number of fused-ring (bicyclic) bond motifs is 5. The lowest BCUT2D eigenvalue weighted by atomic mass is 9.47. The molecule has 7 atom stereocenters. The zero-order chi connectivity index (χ0) is 21.5. The van der Waals surface area contributed by atoms with Crippen molar-refractivity contribution in [3.8, 4) is 0 Å². The molecule has 4 heteroatoms. The SMILES string of the molecule is CCO/C(=C/C=O)[C@H]1CC[C@H]2[C@@H]3CC=C4C[C@H](OC(C)=O)CC[C@]4(C)[C@H]3CC[C@]12C. The maximum atomic E-state index is 11.4. The van der Waals surface area contributed by atoms with E-state index in [1.807, 2.05) is 6.92 Å². The van der Waals surface area contributed by atoms with Crippen molar-refractivity contribution in [3.05, 3.63) is 23.5 Å². The minimum Gasteiger partial charge on any atom is -0.498 e. The highest BCUT2D eigenvalue weighted by Crippen LogP contribution is 2.67. The zero-order valence-electron chi connectivity index (χ0n) is 19.1. The number of hydrogen-bond donors (Lipinski definition) is 0. The molecule has 30 heavy (non-hydrogen) atoms. The predicted octanol–water partition coefficient (Wildman–Crippen LogP) is 5.62. The summed E-state index contributed by atoms with van der Waals surface area (Å²) in [4.78, 5) is 22.7. The van der Waals surface area contributed by atoms with Crippen LogP contribution in [0.3, 0.4) is 0 Å². The molecular formula is C26H38O4. The van der Waals surface area contributed by atoms with Gasteiger partial charge in [0.05, 0.1) is 6.61 Å². The first-order valence-corrected chi connectivity index (χ1v) is 12.0. The molecule has 0 radical (unpaired) electrons. The standard InChI is InChI=1S/C26H38O4/c1-5-29-24(12-15-27)23-9-8-21-20-7-6-18-16-19(30-17(2)28)10-13-25(18,3)22(20)11-14-26(21,23)4/h6,12,15,19-23H,5,7-11,13-14,16H2,1-4H3/b24-12+/t19-,20+,21+,22+,23-,25+,26+/m1/s1. The largest absolute Gasteiger partial charge is 0.498 e. The summed E-state index contributed by atoms with van der Waals surface area (Å²) < 4.78 is 11.5. The van der Waals surface area contributed by atoms with E-state index in [2.05, 4.69) is 19.9 Å². The van der Waals surface area contributed by atoms with Crippen LogP contribution in [0.4, 0.5) is 0 Å². The molecule has 3 fully saturated rings. The molecule has 0 N–H and O–H groups in total. The van der Waals surface area contributed by atoms with Crippen molar-refractivity contribution < 1.29 is 19.1 Å². The molecule has 0 aromatic carbocycles. The fourth-order valence-electron chi connectivity index (χ4n) is 7.93. The molecule has 166 valence electrons. The van der Waals surface area contributed by atoms with E-state index in [1.165, 1.54) is 31.8 Å². The Kier molecular flexibility index (Phi) is 5.89. The van der Waals surface area contributed by atoms with Crippen molar-refractivity contribution >= 4 is 12.3 Å². The molecule has 0 aliphatic heterocycles. The molecule has 0 amide bonds. The van der Waals surface area contributed by atoms with Crippen molar-refractivity contribution in [2.75, 3.05) is 6.61 Å². The van der Waals surface area contributed by atoms with E-state index in [0.717, 1.165) is 50.1 Å². The summed E-state index contributed by atoms with van der Waals surface area (Å²) in [6.45, 7) is 9.09.